The lowest BCUT2D eigenvalue weighted by Gasteiger charge is -2.16. The summed E-state index contributed by atoms with van der Waals surface area (Å²) in [4.78, 5) is 5.60. The van der Waals surface area contributed by atoms with E-state index in [2.05, 4.69) is 35.8 Å². The van der Waals surface area contributed by atoms with Gasteiger partial charge in [0.1, 0.15) is 6.10 Å². The van der Waals surface area contributed by atoms with Crippen molar-refractivity contribution in [1.29, 1.82) is 0 Å². The smallest absolute Gasteiger partial charge is 0.121 e. The van der Waals surface area contributed by atoms with Crippen LogP contribution in [-0.2, 0) is 17.7 Å². The highest BCUT2D eigenvalue weighted by Gasteiger charge is 2.23. The second-order valence-corrected chi connectivity index (χ2v) is 5.39. The van der Waals surface area contributed by atoms with Gasteiger partial charge in [-0.25, -0.2) is 0 Å². The van der Waals surface area contributed by atoms with Gasteiger partial charge >= 0.3 is 0 Å². The van der Waals surface area contributed by atoms with E-state index < -0.39 is 0 Å². The molecule has 0 amide bonds. The summed E-state index contributed by atoms with van der Waals surface area (Å²) in [5, 5.41) is 0. The lowest BCUT2D eigenvalue weighted by atomic mass is 10.0. The Morgan fingerprint density at radius 1 is 0.952 bits per heavy atom. The van der Waals surface area contributed by atoms with Crippen LogP contribution in [0.5, 0.6) is 0 Å². The molecule has 3 nitrogen and oxygen atoms in total. The lowest BCUT2D eigenvalue weighted by molar-refractivity contribution is 0.0279. The zero-order valence-electron chi connectivity index (χ0n) is 11.9. The number of rotatable bonds is 5. The van der Waals surface area contributed by atoms with Crippen LogP contribution in [-0.4, -0.2) is 12.1 Å². The van der Waals surface area contributed by atoms with Crippen molar-refractivity contribution in [2.45, 2.75) is 25.0 Å². The molecule has 1 heterocycles. The molecular formula is C18H20N2O. The maximum atomic E-state index is 6.26. The van der Waals surface area contributed by atoms with Crippen molar-refractivity contribution >= 4 is 0 Å². The first-order chi connectivity index (χ1) is 10.3. The van der Waals surface area contributed by atoms with Crippen molar-refractivity contribution in [1.82, 2.24) is 5.48 Å². The average molecular weight is 280 g/mol. The third-order valence-corrected chi connectivity index (χ3v) is 3.67. The molecule has 0 radical (unpaired) electrons. The monoisotopic (exact) mass is 280 g/mol. The van der Waals surface area contributed by atoms with Crippen LogP contribution in [0.3, 0.4) is 0 Å². The minimum atomic E-state index is -0.0797. The highest BCUT2D eigenvalue weighted by atomic mass is 16.7. The minimum absolute atomic E-state index is 0.0480. The third-order valence-electron chi connectivity index (χ3n) is 3.67. The second-order valence-electron chi connectivity index (χ2n) is 5.39. The molecule has 0 saturated carbocycles. The van der Waals surface area contributed by atoms with Crippen LogP contribution in [0.1, 0.15) is 11.1 Å². The summed E-state index contributed by atoms with van der Waals surface area (Å²) in [5.74, 6) is 0. The minimum Gasteiger partial charge on any atom is -0.325 e. The van der Waals surface area contributed by atoms with Crippen LogP contribution in [0.2, 0.25) is 0 Å². The van der Waals surface area contributed by atoms with Gasteiger partial charge in [-0.1, -0.05) is 60.7 Å². The first kappa shape index (κ1) is 13.9. The van der Waals surface area contributed by atoms with Crippen molar-refractivity contribution < 1.29 is 4.84 Å². The fraction of sp³-hybridized carbons (Fsp3) is 0.222. The van der Waals surface area contributed by atoms with Crippen LogP contribution in [0, 0.1) is 0 Å². The fourth-order valence-electron chi connectivity index (χ4n) is 2.53. The van der Waals surface area contributed by atoms with E-state index >= 15 is 0 Å². The van der Waals surface area contributed by atoms with Gasteiger partial charge < -0.3 is 5.73 Å². The molecular weight excluding hydrogens is 260 g/mol. The number of hydroxylamine groups is 1. The van der Waals surface area contributed by atoms with Crippen LogP contribution in [0.15, 0.2) is 72.4 Å². The quantitative estimate of drug-likeness (QED) is 0.885. The Morgan fingerprint density at radius 3 is 2.24 bits per heavy atom. The molecule has 3 rings (SSSR count). The van der Waals surface area contributed by atoms with E-state index in [-0.39, 0.29) is 12.1 Å². The van der Waals surface area contributed by atoms with Crippen LogP contribution in [0.25, 0.3) is 0 Å². The largest absolute Gasteiger partial charge is 0.325 e. The van der Waals surface area contributed by atoms with E-state index in [4.69, 9.17) is 10.6 Å². The Bertz CT molecular complexity index is 595. The highest BCUT2D eigenvalue weighted by Crippen LogP contribution is 2.16. The van der Waals surface area contributed by atoms with Crippen molar-refractivity contribution in [3.05, 3.63) is 83.6 Å². The van der Waals surface area contributed by atoms with Crippen molar-refractivity contribution in [2.24, 2.45) is 5.73 Å². The number of hydrogen-bond acceptors (Lipinski definition) is 3. The maximum absolute atomic E-state index is 6.26. The fourth-order valence-corrected chi connectivity index (χ4v) is 2.53. The molecule has 0 spiro atoms. The van der Waals surface area contributed by atoms with Crippen molar-refractivity contribution in [3.63, 3.8) is 0 Å². The summed E-state index contributed by atoms with van der Waals surface area (Å²) in [6.07, 6.45) is 3.67. The molecule has 2 atom stereocenters. The normalized spacial score (nSPS) is 18.9. The van der Waals surface area contributed by atoms with Gasteiger partial charge in [0.25, 0.3) is 0 Å². The van der Waals surface area contributed by atoms with Crippen LogP contribution >= 0.6 is 0 Å². The third kappa shape index (κ3) is 3.72. The van der Waals surface area contributed by atoms with Crippen molar-refractivity contribution in [3.8, 4) is 0 Å². The molecule has 0 aliphatic carbocycles. The summed E-state index contributed by atoms with van der Waals surface area (Å²) in [5.41, 5.74) is 12.8. The Balaban J connectivity index is 1.60. The van der Waals surface area contributed by atoms with Crippen molar-refractivity contribution in [2.75, 3.05) is 0 Å². The zero-order valence-corrected chi connectivity index (χ0v) is 11.9. The molecule has 1 aliphatic heterocycles. The Kier molecular flexibility index (Phi) is 4.34. The molecule has 21 heavy (non-hydrogen) atoms. The van der Waals surface area contributed by atoms with Gasteiger partial charge in [-0.05, 0) is 23.6 Å². The molecule has 0 aromatic heterocycles. The Hall–Kier alpha value is -2.10. The highest BCUT2D eigenvalue weighted by molar-refractivity contribution is 5.24. The number of benzene rings is 2. The molecule has 2 aromatic rings. The van der Waals surface area contributed by atoms with Gasteiger partial charge in [0.05, 0.1) is 0 Å². The van der Waals surface area contributed by atoms with E-state index in [1.807, 2.05) is 36.4 Å². The standard InChI is InChI=1S/C18H20N2O/c19-17(12-15-9-5-2-6-10-15)18-13-16(20-21-18)11-14-7-3-1-4-8-14/h1-10,13,17-18,20H,11-12,19H2. The van der Waals surface area contributed by atoms with E-state index in [0.29, 0.717) is 0 Å². The molecule has 1 aliphatic rings. The topological polar surface area (TPSA) is 47.3 Å². The summed E-state index contributed by atoms with van der Waals surface area (Å²) in [7, 11) is 0. The molecule has 2 unspecified atom stereocenters. The number of hydrogen-bond donors (Lipinski definition) is 2. The maximum Gasteiger partial charge on any atom is 0.121 e. The number of nitrogens with two attached hydrogens (primary N) is 1. The summed E-state index contributed by atoms with van der Waals surface area (Å²) in [6.45, 7) is 0. The van der Waals surface area contributed by atoms with E-state index in [1.165, 1.54) is 11.1 Å². The number of nitrogens with one attached hydrogen (secondary N) is 1. The molecule has 3 N–H and O–H groups in total. The first-order valence-corrected chi connectivity index (χ1v) is 7.27. The van der Waals surface area contributed by atoms with E-state index in [9.17, 15) is 0 Å². The summed E-state index contributed by atoms with van der Waals surface area (Å²) in [6, 6.07) is 20.6. The van der Waals surface area contributed by atoms with Crippen LogP contribution in [0.4, 0.5) is 0 Å². The van der Waals surface area contributed by atoms with Gasteiger partial charge in [0.15, 0.2) is 0 Å². The van der Waals surface area contributed by atoms with Gasteiger partial charge in [-0.3, -0.25) is 10.3 Å². The Labute approximate surface area is 125 Å². The van der Waals surface area contributed by atoms with E-state index in [1.54, 1.807) is 0 Å². The molecule has 108 valence electrons. The van der Waals surface area contributed by atoms with E-state index in [0.717, 1.165) is 18.5 Å². The molecule has 0 saturated heterocycles. The van der Waals surface area contributed by atoms with Crippen LogP contribution < -0.4 is 11.2 Å². The second kappa shape index (κ2) is 6.57. The summed E-state index contributed by atoms with van der Waals surface area (Å²) < 4.78 is 0. The van der Waals surface area contributed by atoms with Gasteiger partial charge in [0, 0.05) is 18.2 Å². The summed E-state index contributed by atoms with van der Waals surface area (Å²) >= 11 is 0. The van der Waals surface area contributed by atoms with Gasteiger partial charge in [-0.15, -0.1) is 0 Å². The number of allylic oxidation sites excluding steroid dienone is 1. The average Bonchev–Trinajstić information content (AvgIpc) is 2.98. The Morgan fingerprint density at radius 2 is 1.57 bits per heavy atom. The molecule has 3 heteroatoms. The van der Waals surface area contributed by atoms with Gasteiger partial charge in [0.2, 0.25) is 0 Å². The molecule has 0 bridgehead atoms. The predicted octanol–water partition coefficient (Wildman–Crippen LogP) is 2.59. The zero-order chi connectivity index (χ0) is 14.5. The molecule has 2 aromatic carbocycles. The predicted molar refractivity (Wildman–Crippen MR) is 84.4 cm³/mol. The molecule has 0 fully saturated rings. The SMILES string of the molecule is NC(Cc1ccccc1)C1C=C(Cc2ccccc2)NO1. The lowest BCUT2D eigenvalue weighted by Crippen LogP contribution is -2.36. The van der Waals surface area contributed by atoms with Gasteiger partial charge in [-0.2, -0.15) is 0 Å². The first-order valence-electron chi connectivity index (χ1n) is 7.27.